The topological polar surface area (TPSA) is 105 Å². The molecule has 0 aliphatic carbocycles. The van der Waals surface area contributed by atoms with E-state index in [0.29, 0.717) is 6.42 Å². The Hall–Kier alpha value is -3.67. The second-order valence-corrected chi connectivity index (χ2v) is 9.44. The van der Waals surface area contributed by atoms with Gasteiger partial charge in [-0.25, -0.2) is 4.79 Å². The van der Waals surface area contributed by atoms with Gasteiger partial charge in [0.25, 0.3) is 0 Å². The molecule has 9 nitrogen and oxygen atoms in total. The van der Waals surface area contributed by atoms with Crippen LogP contribution >= 0.6 is 0 Å². The SMILES string of the molecule is Cc1ccccc1CC(=O)N1CCC2(CC1)CN(C)Cc1nnc(-c3ccco3)n12.O=C(O)C(F)(F)F. The van der Waals surface area contributed by atoms with Gasteiger partial charge in [-0.05, 0) is 50.1 Å². The smallest absolute Gasteiger partial charge is 0.475 e. The molecule has 2 aliphatic rings. The number of rotatable bonds is 3. The summed E-state index contributed by atoms with van der Waals surface area (Å²) in [5.74, 6) is -0.0422. The van der Waals surface area contributed by atoms with Crippen LogP contribution in [0.4, 0.5) is 13.2 Å². The highest BCUT2D eigenvalue weighted by atomic mass is 19.4. The highest BCUT2D eigenvalue weighted by Gasteiger charge is 2.44. The number of aryl methyl sites for hydroxylation is 1. The Balaban J connectivity index is 0.000000405. The highest BCUT2D eigenvalue weighted by Crippen LogP contribution is 2.39. The minimum absolute atomic E-state index is 0.118. The fourth-order valence-corrected chi connectivity index (χ4v) is 4.99. The number of nitrogens with zero attached hydrogens (tertiary/aromatic N) is 5. The third-order valence-electron chi connectivity index (χ3n) is 6.81. The second-order valence-electron chi connectivity index (χ2n) is 9.44. The summed E-state index contributed by atoms with van der Waals surface area (Å²) in [6, 6.07) is 11.9. The number of halogens is 3. The van der Waals surface area contributed by atoms with E-state index >= 15 is 0 Å². The Bertz CT molecular complexity index is 1250. The number of likely N-dealkylation sites (tertiary alicyclic amines) is 1. The number of furan rings is 1. The van der Waals surface area contributed by atoms with Crippen LogP contribution in [0.25, 0.3) is 11.6 Å². The number of aromatic nitrogens is 3. The van der Waals surface area contributed by atoms with Crippen LogP contribution in [0.3, 0.4) is 0 Å². The van der Waals surface area contributed by atoms with E-state index in [1.807, 2.05) is 35.2 Å². The van der Waals surface area contributed by atoms with Crippen molar-refractivity contribution in [3.05, 3.63) is 59.6 Å². The Labute approximate surface area is 211 Å². The van der Waals surface area contributed by atoms with E-state index in [1.165, 1.54) is 5.56 Å². The van der Waals surface area contributed by atoms with E-state index in [-0.39, 0.29) is 11.4 Å². The molecule has 1 amide bonds. The number of aliphatic carboxylic acids is 1. The first kappa shape index (κ1) is 26.4. The van der Waals surface area contributed by atoms with E-state index < -0.39 is 12.1 Å². The first-order valence-electron chi connectivity index (χ1n) is 11.8. The van der Waals surface area contributed by atoms with Gasteiger partial charge in [0.05, 0.1) is 24.8 Å². The number of fused-ring (bicyclic) bond motifs is 2. The number of likely N-dealkylation sites (N-methyl/N-ethyl adjacent to an activating group) is 1. The summed E-state index contributed by atoms with van der Waals surface area (Å²) < 4.78 is 39.7. The fraction of sp³-hybridized carbons (Fsp3) is 0.440. The average molecular weight is 520 g/mol. The maximum Gasteiger partial charge on any atom is 0.490 e. The largest absolute Gasteiger partial charge is 0.490 e. The maximum absolute atomic E-state index is 13.0. The Kier molecular flexibility index (Phi) is 7.39. The molecular formula is C25H28F3N5O4. The van der Waals surface area contributed by atoms with Crippen LogP contribution < -0.4 is 0 Å². The van der Waals surface area contributed by atoms with Crippen LogP contribution in [0.5, 0.6) is 0 Å². The Morgan fingerprint density at radius 3 is 2.38 bits per heavy atom. The molecule has 5 rings (SSSR count). The van der Waals surface area contributed by atoms with Gasteiger partial charge in [-0.2, -0.15) is 13.2 Å². The molecule has 12 heteroatoms. The van der Waals surface area contributed by atoms with Crippen LogP contribution in [-0.2, 0) is 28.1 Å². The summed E-state index contributed by atoms with van der Waals surface area (Å²) >= 11 is 0. The van der Waals surface area contributed by atoms with Crippen molar-refractivity contribution >= 4 is 11.9 Å². The van der Waals surface area contributed by atoms with Crippen molar-refractivity contribution in [3.8, 4) is 11.6 Å². The zero-order chi connectivity index (χ0) is 26.8. The van der Waals surface area contributed by atoms with Gasteiger partial charge in [-0.3, -0.25) is 14.3 Å². The number of hydrogen-bond donors (Lipinski definition) is 1. The molecule has 0 bridgehead atoms. The molecule has 1 fully saturated rings. The number of carboxylic acid groups (broad SMARTS) is 1. The molecule has 2 aliphatic heterocycles. The van der Waals surface area contributed by atoms with E-state index in [0.717, 1.165) is 62.0 Å². The van der Waals surface area contributed by atoms with Gasteiger partial charge in [0.1, 0.15) is 5.82 Å². The minimum atomic E-state index is -5.08. The lowest BCUT2D eigenvalue weighted by atomic mass is 9.84. The summed E-state index contributed by atoms with van der Waals surface area (Å²) in [5, 5.41) is 16.0. The lowest BCUT2D eigenvalue weighted by molar-refractivity contribution is -0.192. The molecular weight excluding hydrogens is 491 g/mol. The van der Waals surface area contributed by atoms with E-state index in [2.05, 4.69) is 39.7 Å². The Morgan fingerprint density at radius 2 is 1.78 bits per heavy atom. The van der Waals surface area contributed by atoms with E-state index in [4.69, 9.17) is 14.3 Å². The normalized spacial score (nSPS) is 17.2. The monoisotopic (exact) mass is 519 g/mol. The lowest BCUT2D eigenvalue weighted by Gasteiger charge is -2.48. The molecule has 4 heterocycles. The Morgan fingerprint density at radius 1 is 1.11 bits per heavy atom. The number of amides is 1. The van der Waals surface area contributed by atoms with Gasteiger partial charge >= 0.3 is 12.1 Å². The predicted molar refractivity (Wildman–Crippen MR) is 126 cm³/mol. The molecule has 0 radical (unpaired) electrons. The molecule has 3 aromatic rings. The summed E-state index contributed by atoms with van der Waals surface area (Å²) in [5.41, 5.74) is 2.17. The van der Waals surface area contributed by atoms with Crippen molar-refractivity contribution < 1.29 is 32.3 Å². The van der Waals surface area contributed by atoms with Crippen molar-refractivity contribution in [2.24, 2.45) is 0 Å². The summed E-state index contributed by atoms with van der Waals surface area (Å²) in [6.07, 6.45) is -1.17. The number of hydrogen-bond acceptors (Lipinski definition) is 6. The van der Waals surface area contributed by atoms with Crippen LogP contribution in [-0.4, -0.2) is 74.4 Å². The molecule has 198 valence electrons. The van der Waals surface area contributed by atoms with Gasteiger partial charge in [-0.1, -0.05) is 24.3 Å². The van der Waals surface area contributed by atoms with Crippen LogP contribution in [0.1, 0.15) is 29.8 Å². The minimum Gasteiger partial charge on any atom is -0.475 e. The number of alkyl halides is 3. The fourth-order valence-electron chi connectivity index (χ4n) is 4.99. The predicted octanol–water partition coefficient (Wildman–Crippen LogP) is 3.49. The van der Waals surface area contributed by atoms with Gasteiger partial charge < -0.3 is 14.4 Å². The molecule has 0 saturated carbocycles. The van der Waals surface area contributed by atoms with Crippen molar-refractivity contribution in [1.29, 1.82) is 0 Å². The molecule has 1 N–H and O–H groups in total. The van der Waals surface area contributed by atoms with Crippen molar-refractivity contribution in [3.63, 3.8) is 0 Å². The second kappa shape index (κ2) is 10.4. The molecule has 37 heavy (non-hydrogen) atoms. The molecule has 0 atom stereocenters. The third kappa shape index (κ3) is 5.68. The highest BCUT2D eigenvalue weighted by molar-refractivity contribution is 5.79. The summed E-state index contributed by atoms with van der Waals surface area (Å²) in [4.78, 5) is 26.2. The summed E-state index contributed by atoms with van der Waals surface area (Å²) in [6.45, 7) is 5.24. The number of carbonyl (C=O) groups is 2. The number of benzene rings is 1. The molecule has 0 unspecified atom stereocenters. The van der Waals surface area contributed by atoms with E-state index in [1.54, 1.807) is 6.26 Å². The van der Waals surface area contributed by atoms with Gasteiger partial charge in [-0.15, -0.1) is 10.2 Å². The van der Waals surface area contributed by atoms with Crippen molar-refractivity contribution in [2.75, 3.05) is 26.7 Å². The first-order chi connectivity index (χ1) is 17.5. The van der Waals surface area contributed by atoms with Crippen LogP contribution in [0.2, 0.25) is 0 Å². The van der Waals surface area contributed by atoms with Crippen molar-refractivity contribution in [2.45, 2.75) is 44.4 Å². The number of carboxylic acids is 1. The van der Waals surface area contributed by atoms with Gasteiger partial charge in [0, 0.05) is 19.6 Å². The number of carbonyl (C=O) groups excluding carboxylic acids is 1. The molecule has 2 aromatic heterocycles. The molecule has 1 saturated heterocycles. The zero-order valence-corrected chi connectivity index (χ0v) is 20.5. The lowest BCUT2D eigenvalue weighted by Crippen LogP contribution is -2.56. The number of piperidine rings is 1. The van der Waals surface area contributed by atoms with Crippen molar-refractivity contribution in [1.82, 2.24) is 24.6 Å². The summed E-state index contributed by atoms with van der Waals surface area (Å²) in [7, 11) is 2.13. The average Bonchev–Trinajstić information content (AvgIpc) is 3.51. The van der Waals surface area contributed by atoms with Crippen LogP contribution in [0.15, 0.2) is 47.1 Å². The first-order valence-corrected chi connectivity index (χ1v) is 11.8. The third-order valence-corrected chi connectivity index (χ3v) is 6.81. The zero-order valence-electron chi connectivity index (χ0n) is 20.5. The molecule has 1 aromatic carbocycles. The van der Waals surface area contributed by atoms with Crippen LogP contribution in [0, 0.1) is 6.92 Å². The quantitative estimate of drug-likeness (QED) is 0.565. The standard InChI is InChI=1S/C23H27N5O2.C2HF3O2/c1-17-6-3-4-7-18(17)14-21(29)27-11-9-23(10-12-27)16-26(2)15-20-24-25-22(28(20)23)19-8-5-13-30-19;3-2(4,5)1(6)7/h3-8,13H,9-12,14-16H2,1-2H3;(H,6,7). The van der Waals surface area contributed by atoms with Gasteiger partial charge in [0.2, 0.25) is 5.91 Å². The maximum atomic E-state index is 13.0. The van der Waals surface area contributed by atoms with E-state index in [9.17, 15) is 18.0 Å². The molecule has 1 spiro atoms. The van der Waals surface area contributed by atoms with Gasteiger partial charge in [0.15, 0.2) is 11.6 Å².